The fourth-order valence-corrected chi connectivity index (χ4v) is 2.66. The maximum atomic E-state index is 13.7. The van der Waals surface area contributed by atoms with Crippen LogP contribution in [0.4, 0.5) is 13.2 Å². The Labute approximate surface area is 173 Å². The molecule has 0 fully saturated rings. The zero-order chi connectivity index (χ0) is 21.7. The van der Waals surface area contributed by atoms with Gasteiger partial charge < -0.3 is 9.47 Å². The van der Waals surface area contributed by atoms with Crippen LogP contribution in [0.2, 0.25) is 0 Å². The summed E-state index contributed by atoms with van der Waals surface area (Å²) >= 11 is 0. The van der Waals surface area contributed by atoms with Gasteiger partial charge in [0.05, 0.1) is 12.2 Å². The Morgan fingerprint density at radius 3 is 1.97 bits per heavy atom. The second kappa shape index (κ2) is 9.48. The molecule has 0 saturated carbocycles. The molecule has 3 aromatic rings. The molecular weight excluding hydrogens is 393 g/mol. The van der Waals surface area contributed by atoms with Gasteiger partial charge in [-0.25, -0.2) is 18.0 Å². The van der Waals surface area contributed by atoms with Crippen LogP contribution in [0.15, 0.2) is 60.7 Å². The molecule has 0 heterocycles. The summed E-state index contributed by atoms with van der Waals surface area (Å²) in [6, 6.07) is 15.7. The fourth-order valence-electron chi connectivity index (χ4n) is 2.66. The standard InChI is InChI=1S/C24H21F3O3/c1-3-15(2)14-29-18-8-4-16(5-9-18)17-6-10-19(11-7-17)30-24(28)20-12-13-21(25)23(27)22(20)26/h4-13,15H,3,14H2,1-2H3/t15-/m0/s1. The minimum Gasteiger partial charge on any atom is -0.493 e. The summed E-state index contributed by atoms with van der Waals surface area (Å²) in [7, 11) is 0. The van der Waals surface area contributed by atoms with Gasteiger partial charge in [0.25, 0.3) is 0 Å². The second-order valence-electron chi connectivity index (χ2n) is 6.99. The van der Waals surface area contributed by atoms with E-state index in [2.05, 4.69) is 13.8 Å². The summed E-state index contributed by atoms with van der Waals surface area (Å²) in [6.45, 7) is 4.91. The van der Waals surface area contributed by atoms with E-state index in [4.69, 9.17) is 9.47 Å². The van der Waals surface area contributed by atoms with Crippen LogP contribution in [0.5, 0.6) is 11.5 Å². The maximum absolute atomic E-state index is 13.7. The topological polar surface area (TPSA) is 35.5 Å². The number of carbonyl (C=O) groups is 1. The first kappa shape index (κ1) is 21.4. The number of rotatable bonds is 7. The molecule has 0 N–H and O–H groups in total. The number of halogens is 3. The maximum Gasteiger partial charge on any atom is 0.346 e. The molecule has 0 saturated heterocycles. The Bertz CT molecular complexity index is 1020. The number of esters is 1. The van der Waals surface area contributed by atoms with Crippen molar-refractivity contribution in [1.29, 1.82) is 0 Å². The number of benzene rings is 3. The molecule has 0 aromatic heterocycles. The molecule has 3 nitrogen and oxygen atoms in total. The van der Waals surface area contributed by atoms with Gasteiger partial charge in [0.2, 0.25) is 0 Å². The van der Waals surface area contributed by atoms with Crippen molar-refractivity contribution in [3.05, 3.63) is 83.7 Å². The van der Waals surface area contributed by atoms with E-state index in [1.165, 1.54) is 0 Å². The van der Waals surface area contributed by atoms with Crippen molar-refractivity contribution >= 4 is 5.97 Å². The van der Waals surface area contributed by atoms with E-state index in [0.717, 1.165) is 29.4 Å². The van der Waals surface area contributed by atoms with Crippen LogP contribution < -0.4 is 9.47 Å². The highest BCUT2D eigenvalue weighted by atomic mass is 19.2. The van der Waals surface area contributed by atoms with Gasteiger partial charge in [-0.15, -0.1) is 0 Å². The van der Waals surface area contributed by atoms with Crippen LogP contribution in [0.25, 0.3) is 11.1 Å². The third-order valence-electron chi connectivity index (χ3n) is 4.74. The first-order valence-corrected chi connectivity index (χ1v) is 9.58. The molecule has 0 aliphatic rings. The normalized spacial score (nSPS) is 11.8. The van der Waals surface area contributed by atoms with Crippen LogP contribution in [-0.4, -0.2) is 12.6 Å². The Balaban J connectivity index is 1.66. The molecule has 0 aliphatic carbocycles. The molecule has 0 unspecified atom stereocenters. The van der Waals surface area contributed by atoms with E-state index in [1.54, 1.807) is 24.3 Å². The molecule has 0 radical (unpaired) electrons. The van der Waals surface area contributed by atoms with E-state index in [9.17, 15) is 18.0 Å². The summed E-state index contributed by atoms with van der Waals surface area (Å²) in [5.41, 5.74) is 1.14. The number of hydrogen-bond acceptors (Lipinski definition) is 3. The van der Waals surface area contributed by atoms with Crippen LogP contribution in [0.3, 0.4) is 0 Å². The number of ether oxygens (including phenoxy) is 2. The van der Waals surface area contributed by atoms with Crippen LogP contribution in [0, 0.1) is 23.4 Å². The highest BCUT2D eigenvalue weighted by Crippen LogP contribution is 2.26. The van der Waals surface area contributed by atoms with Gasteiger partial charge >= 0.3 is 5.97 Å². The molecule has 156 valence electrons. The molecule has 0 spiro atoms. The summed E-state index contributed by atoms with van der Waals surface area (Å²) in [5, 5.41) is 0. The second-order valence-corrected chi connectivity index (χ2v) is 6.99. The van der Waals surface area contributed by atoms with E-state index >= 15 is 0 Å². The van der Waals surface area contributed by atoms with Crippen molar-refractivity contribution in [2.24, 2.45) is 5.92 Å². The lowest BCUT2D eigenvalue weighted by atomic mass is 10.1. The third-order valence-corrected chi connectivity index (χ3v) is 4.74. The van der Waals surface area contributed by atoms with Gasteiger partial charge in [0.1, 0.15) is 11.5 Å². The van der Waals surface area contributed by atoms with Crippen LogP contribution in [0.1, 0.15) is 30.6 Å². The zero-order valence-corrected chi connectivity index (χ0v) is 16.6. The Morgan fingerprint density at radius 2 is 1.40 bits per heavy atom. The molecule has 3 rings (SSSR count). The van der Waals surface area contributed by atoms with Crippen molar-refractivity contribution in [2.75, 3.05) is 6.61 Å². The molecule has 0 aliphatic heterocycles. The third kappa shape index (κ3) is 5.00. The first-order valence-electron chi connectivity index (χ1n) is 9.58. The van der Waals surface area contributed by atoms with E-state index in [0.29, 0.717) is 18.6 Å². The quantitative estimate of drug-likeness (QED) is 0.254. The Kier molecular flexibility index (Phi) is 6.77. The number of hydrogen-bond donors (Lipinski definition) is 0. The van der Waals surface area contributed by atoms with Gasteiger partial charge in [-0.05, 0) is 53.4 Å². The van der Waals surface area contributed by atoms with Crippen molar-refractivity contribution in [3.63, 3.8) is 0 Å². The number of carbonyl (C=O) groups excluding carboxylic acids is 1. The highest BCUT2D eigenvalue weighted by molar-refractivity contribution is 5.91. The van der Waals surface area contributed by atoms with Gasteiger partial charge in [0, 0.05) is 0 Å². The Hall–Kier alpha value is -3.28. The van der Waals surface area contributed by atoms with Crippen LogP contribution >= 0.6 is 0 Å². The van der Waals surface area contributed by atoms with Crippen LogP contribution in [-0.2, 0) is 0 Å². The Morgan fingerprint density at radius 1 is 0.833 bits per heavy atom. The molecule has 0 amide bonds. The van der Waals surface area contributed by atoms with Crippen molar-refractivity contribution in [2.45, 2.75) is 20.3 Å². The van der Waals surface area contributed by atoms with Gasteiger partial charge in [-0.3, -0.25) is 0 Å². The largest absolute Gasteiger partial charge is 0.493 e. The average molecular weight is 414 g/mol. The first-order chi connectivity index (χ1) is 14.4. The summed E-state index contributed by atoms with van der Waals surface area (Å²) in [6.07, 6.45) is 1.05. The van der Waals surface area contributed by atoms with Crippen molar-refractivity contribution in [3.8, 4) is 22.6 Å². The van der Waals surface area contributed by atoms with E-state index < -0.39 is 29.0 Å². The molecule has 6 heteroatoms. The highest BCUT2D eigenvalue weighted by Gasteiger charge is 2.20. The monoisotopic (exact) mass is 414 g/mol. The van der Waals surface area contributed by atoms with Gasteiger partial charge in [0.15, 0.2) is 17.5 Å². The molecular formula is C24H21F3O3. The fraction of sp³-hybridized carbons (Fsp3) is 0.208. The van der Waals surface area contributed by atoms with Gasteiger partial charge in [-0.2, -0.15) is 0 Å². The van der Waals surface area contributed by atoms with Crippen molar-refractivity contribution in [1.82, 2.24) is 0 Å². The summed E-state index contributed by atoms with van der Waals surface area (Å²) < 4.78 is 50.8. The molecule has 1 atom stereocenters. The lowest BCUT2D eigenvalue weighted by Gasteiger charge is -2.11. The average Bonchev–Trinajstić information content (AvgIpc) is 2.76. The summed E-state index contributed by atoms with van der Waals surface area (Å²) in [5.74, 6) is -4.34. The van der Waals surface area contributed by atoms with E-state index in [1.807, 2.05) is 24.3 Å². The lowest BCUT2D eigenvalue weighted by molar-refractivity contribution is 0.0728. The van der Waals surface area contributed by atoms with Gasteiger partial charge in [-0.1, -0.05) is 44.5 Å². The molecule has 0 bridgehead atoms. The predicted molar refractivity (Wildman–Crippen MR) is 108 cm³/mol. The predicted octanol–water partition coefficient (Wildman–Crippen LogP) is 6.42. The minimum absolute atomic E-state index is 0.154. The lowest BCUT2D eigenvalue weighted by Crippen LogP contribution is -2.12. The SMILES string of the molecule is CC[C@H](C)COc1ccc(-c2ccc(OC(=O)c3ccc(F)c(F)c3F)cc2)cc1. The smallest absolute Gasteiger partial charge is 0.346 e. The minimum atomic E-state index is -1.71. The molecule has 3 aromatic carbocycles. The zero-order valence-electron chi connectivity index (χ0n) is 16.6. The summed E-state index contributed by atoms with van der Waals surface area (Å²) in [4.78, 5) is 12.1. The molecule has 30 heavy (non-hydrogen) atoms. The van der Waals surface area contributed by atoms with E-state index in [-0.39, 0.29) is 5.75 Å². The van der Waals surface area contributed by atoms with Crippen molar-refractivity contribution < 1.29 is 27.4 Å².